The molecule has 4 heteroatoms. The van der Waals surface area contributed by atoms with Crippen molar-refractivity contribution in [3.8, 4) is 0 Å². The molecular weight excluding hydrogens is 160 g/mol. The molecule has 3 N–H and O–H groups in total. The number of hydrogen-bond donors (Lipinski definition) is 3. The fraction of sp³-hybridized carbons (Fsp3) is 0.875. The van der Waals surface area contributed by atoms with E-state index in [1.54, 1.807) is 0 Å². The summed E-state index contributed by atoms with van der Waals surface area (Å²) in [5, 5.41) is 27.3. The molecule has 0 spiro atoms. The summed E-state index contributed by atoms with van der Waals surface area (Å²) in [6, 6.07) is 0. The second kappa shape index (κ2) is 3.41. The Bertz CT molecular complexity index is 172. The van der Waals surface area contributed by atoms with Crippen LogP contribution in [-0.4, -0.2) is 33.0 Å². The van der Waals surface area contributed by atoms with E-state index in [0.717, 1.165) is 19.3 Å². The van der Waals surface area contributed by atoms with E-state index in [0.29, 0.717) is 12.8 Å². The highest BCUT2D eigenvalue weighted by atomic mass is 16.4. The lowest BCUT2D eigenvalue weighted by atomic mass is 9.81. The van der Waals surface area contributed by atoms with Crippen LogP contribution in [0.1, 0.15) is 32.1 Å². The summed E-state index contributed by atoms with van der Waals surface area (Å²) in [6.07, 6.45) is 1.75. The predicted octanol–water partition coefficient (Wildman–Crippen LogP) is 0.127. The SMILES string of the molecule is O=C(O)C(O)C1(O)CCCCC1. The molecule has 0 aromatic carbocycles. The molecule has 1 atom stereocenters. The molecule has 70 valence electrons. The zero-order valence-corrected chi connectivity index (χ0v) is 6.86. The Balaban J connectivity index is 2.62. The lowest BCUT2D eigenvalue weighted by molar-refractivity contribution is -0.167. The van der Waals surface area contributed by atoms with E-state index >= 15 is 0 Å². The van der Waals surface area contributed by atoms with Gasteiger partial charge >= 0.3 is 5.97 Å². The van der Waals surface area contributed by atoms with Crippen molar-refractivity contribution in [1.29, 1.82) is 0 Å². The van der Waals surface area contributed by atoms with E-state index in [9.17, 15) is 9.90 Å². The highest BCUT2D eigenvalue weighted by molar-refractivity contribution is 5.73. The Morgan fingerprint density at radius 3 is 2.17 bits per heavy atom. The maximum absolute atomic E-state index is 10.4. The first-order valence-corrected chi connectivity index (χ1v) is 4.19. The van der Waals surface area contributed by atoms with Gasteiger partial charge in [0, 0.05) is 0 Å². The molecule has 1 rings (SSSR count). The average molecular weight is 174 g/mol. The molecule has 1 aliphatic carbocycles. The maximum Gasteiger partial charge on any atom is 0.335 e. The second-order valence-electron chi connectivity index (χ2n) is 3.41. The van der Waals surface area contributed by atoms with Gasteiger partial charge in [-0.15, -0.1) is 0 Å². The van der Waals surface area contributed by atoms with E-state index in [2.05, 4.69) is 0 Å². The highest BCUT2D eigenvalue weighted by Gasteiger charge is 2.40. The maximum atomic E-state index is 10.4. The molecule has 12 heavy (non-hydrogen) atoms. The summed E-state index contributed by atoms with van der Waals surface area (Å²) < 4.78 is 0. The lowest BCUT2D eigenvalue weighted by Gasteiger charge is -2.33. The minimum atomic E-state index is -1.63. The molecule has 0 aliphatic heterocycles. The molecule has 1 unspecified atom stereocenters. The van der Waals surface area contributed by atoms with Gasteiger partial charge in [-0.1, -0.05) is 19.3 Å². The molecule has 1 saturated carbocycles. The van der Waals surface area contributed by atoms with Crippen molar-refractivity contribution in [3.05, 3.63) is 0 Å². The van der Waals surface area contributed by atoms with Gasteiger partial charge < -0.3 is 15.3 Å². The van der Waals surface area contributed by atoms with Crippen molar-refractivity contribution >= 4 is 5.97 Å². The van der Waals surface area contributed by atoms with Gasteiger partial charge in [0.05, 0.1) is 0 Å². The van der Waals surface area contributed by atoms with Crippen LogP contribution in [-0.2, 0) is 4.79 Å². The van der Waals surface area contributed by atoms with Crippen LogP contribution in [0.25, 0.3) is 0 Å². The molecule has 0 saturated heterocycles. The first-order chi connectivity index (χ1) is 5.56. The van der Waals surface area contributed by atoms with Gasteiger partial charge in [0.2, 0.25) is 0 Å². The van der Waals surface area contributed by atoms with Crippen LogP contribution < -0.4 is 0 Å². The Hall–Kier alpha value is -0.610. The summed E-state index contributed by atoms with van der Waals surface area (Å²) in [7, 11) is 0. The van der Waals surface area contributed by atoms with E-state index < -0.39 is 17.7 Å². The average Bonchev–Trinajstić information content (AvgIpc) is 2.04. The molecule has 1 aliphatic rings. The van der Waals surface area contributed by atoms with Crippen LogP contribution >= 0.6 is 0 Å². The van der Waals surface area contributed by atoms with Gasteiger partial charge in [-0.2, -0.15) is 0 Å². The minimum Gasteiger partial charge on any atom is -0.479 e. The summed E-state index contributed by atoms with van der Waals surface area (Å²) >= 11 is 0. The normalized spacial score (nSPS) is 24.8. The monoisotopic (exact) mass is 174 g/mol. The standard InChI is InChI=1S/C8H14O4/c9-6(7(10)11)8(12)4-2-1-3-5-8/h6,9,12H,1-5H2,(H,10,11). The van der Waals surface area contributed by atoms with Crippen LogP contribution in [0.2, 0.25) is 0 Å². The van der Waals surface area contributed by atoms with Crippen molar-refractivity contribution < 1.29 is 20.1 Å². The number of carboxylic acid groups (broad SMARTS) is 1. The van der Waals surface area contributed by atoms with Gasteiger partial charge in [-0.3, -0.25) is 0 Å². The number of aliphatic hydroxyl groups is 2. The number of carboxylic acids is 1. The van der Waals surface area contributed by atoms with Crippen molar-refractivity contribution in [2.45, 2.75) is 43.8 Å². The third kappa shape index (κ3) is 1.76. The molecule has 0 heterocycles. The first-order valence-electron chi connectivity index (χ1n) is 4.19. The largest absolute Gasteiger partial charge is 0.479 e. The highest BCUT2D eigenvalue weighted by Crippen LogP contribution is 2.30. The van der Waals surface area contributed by atoms with E-state index in [4.69, 9.17) is 10.2 Å². The Kier molecular flexibility index (Phi) is 2.69. The summed E-state index contributed by atoms with van der Waals surface area (Å²) in [6.45, 7) is 0. The second-order valence-corrected chi connectivity index (χ2v) is 3.41. The van der Waals surface area contributed by atoms with Gasteiger partial charge in [0.25, 0.3) is 0 Å². The Morgan fingerprint density at radius 1 is 1.25 bits per heavy atom. The molecule has 0 bridgehead atoms. The topological polar surface area (TPSA) is 77.8 Å². The van der Waals surface area contributed by atoms with Crippen LogP contribution in [0.3, 0.4) is 0 Å². The molecule has 0 radical (unpaired) electrons. The fourth-order valence-electron chi connectivity index (χ4n) is 1.67. The minimum absolute atomic E-state index is 0.389. The Morgan fingerprint density at radius 2 is 1.75 bits per heavy atom. The molecule has 0 aromatic rings. The number of hydrogen-bond acceptors (Lipinski definition) is 3. The lowest BCUT2D eigenvalue weighted by Crippen LogP contribution is -2.48. The van der Waals surface area contributed by atoms with E-state index in [1.807, 2.05) is 0 Å². The van der Waals surface area contributed by atoms with Gasteiger partial charge in [-0.25, -0.2) is 4.79 Å². The number of aliphatic carboxylic acids is 1. The number of rotatable bonds is 2. The zero-order chi connectivity index (χ0) is 9.19. The van der Waals surface area contributed by atoms with Crippen LogP contribution in [0.5, 0.6) is 0 Å². The van der Waals surface area contributed by atoms with Crippen molar-refractivity contribution in [2.75, 3.05) is 0 Å². The predicted molar refractivity (Wildman–Crippen MR) is 41.7 cm³/mol. The zero-order valence-electron chi connectivity index (χ0n) is 6.86. The number of aliphatic hydroxyl groups excluding tert-OH is 1. The first kappa shape index (κ1) is 9.48. The molecule has 4 nitrogen and oxygen atoms in total. The Labute approximate surface area is 70.8 Å². The van der Waals surface area contributed by atoms with E-state index in [1.165, 1.54) is 0 Å². The van der Waals surface area contributed by atoms with Crippen LogP contribution in [0.4, 0.5) is 0 Å². The van der Waals surface area contributed by atoms with Gasteiger partial charge in [0.15, 0.2) is 6.10 Å². The van der Waals surface area contributed by atoms with Crippen LogP contribution in [0.15, 0.2) is 0 Å². The molecular formula is C8H14O4. The van der Waals surface area contributed by atoms with Crippen molar-refractivity contribution in [3.63, 3.8) is 0 Å². The molecule has 1 fully saturated rings. The van der Waals surface area contributed by atoms with E-state index in [-0.39, 0.29) is 0 Å². The number of carbonyl (C=O) groups is 1. The van der Waals surface area contributed by atoms with Crippen molar-refractivity contribution in [1.82, 2.24) is 0 Å². The smallest absolute Gasteiger partial charge is 0.335 e. The third-order valence-electron chi connectivity index (χ3n) is 2.46. The van der Waals surface area contributed by atoms with Crippen LogP contribution in [0, 0.1) is 0 Å². The summed E-state index contributed by atoms with van der Waals surface area (Å²) in [5.74, 6) is -1.33. The fourth-order valence-corrected chi connectivity index (χ4v) is 1.67. The third-order valence-corrected chi connectivity index (χ3v) is 2.46. The molecule has 0 aromatic heterocycles. The summed E-state index contributed by atoms with van der Waals surface area (Å²) in [4.78, 5) is 10.4. The van der Waals surface area contributed by atoms with Crippen molar-refractivity contribution in [2.24, 2.45) is 0 Å². The summed E-state index contributed by atoms with van der Waals surface area (Å²) in [5.41, 5.74) is -1.38. The van der Waals surface area contributed by atoms with Gasteiger partial charge in [0.1, 0.15) is 5.60 Å². The quantitative estimate of drug-likeness (QED) is 0.556. The van der Waals surface area contributed by atoms with Gasteiger partial charge in [-0.05, 0) is 12.8 Å². The molecule has 0 amide bonds.